The van der Waals surface area contributed by atoms with Gasteiger partial charge < -0.3 is 14.2 Å². The van der Waals surface area contributed by atoms with Crippen molar-refractivity contribution in [2.24, 2.45) is 7.05 Å². The molecule has 2 heterocycles. The molecule has 28 heavy (non-hydrogen) atoms. The molecule has 0 aliphatic rings. The van der Waals surface area contributed by atoms with Gasteiger partial charge in [0.1, 0.15) is 17.1 Å². The molecule has 0 saturated heterocycles. The zero-order valence-electron chi connectivity index (χ0n) is 16.7. The number of anilines is 2. The lowest BCUT2D eigenvalue weighted by Crippen LogP contribution is -2.14. The van der Waals surface area contributed by atoms with Crippen LogP contribution in [0.2, 0.25) is 0 Å². The quantitative estimate of drug-likeness (QED) is 0.512. The summed E-state index contributed by atoms with van der Waals surface area (Å²) >= 11 is 0. The number of nitrogens with zero attached hydrogens (tertiary/aromatic N) is 4. The maximum atomic E-state index is 5.27. The van der Waals surface area contributed by atoms with Gasteiger partial charge in [0.2, 0.25) is 0 Å². The van der Waals surface area contributed by atoms with Crippen molar-refractivity contribution in [3.05, 3.63) is 77.7 Å². The van der Waals surface area contributed by atoms with E-state index in [4.69, 9.17) is 14.7 Å². The Kier molecular flexibility index (Phi) is 4.74. The number of benzene rings is 2. The van der Waals surface area contributed by atoms with Crippen molar-refractivity contribution in [1.82, 2.24) is 14.5 Å². The number of ether oxygens (including phenoxy) is 1. The van der Waals surface area contributed by atoms with Crippen LogP contribution in [0.4, 0.5) is 11.5 Å². The smallest absolute Gasteiger partial charge is 0.161 e. The molecule has 4 aromatic rings. The lowest BCUT2D eigenvalue weighted by Gasteiger charge is -2.20. The highest BCUT2D eigenvalue weighted by Crippen LogP contribution is 2.32. The molecule has 0 spiro atoms. The van der Waals surface area contributed by atoms with Gasteiger partial charge in [-0.15, -0.1) is 0 Å². The normalized spacial score (nSPS) is 11.0. The van der Waals surface area contributed by atoms with Gasteiger partial charge in [-0.2, -0.15) is 0 Å². The van der Waals surface area contributed by atoms with Crippen LogP contribution in [-0.4, -0.2) is 28.7 Å². The molecule has 0 aliphatic heterocycles. The fourth-order valence-electron chi connectivity index (χ4n) is 3.57. The molecule has 0 unspecified atom stereocenters. The van der Waals surface area contributed by atoms with Crippen LogP contribution in [0.1, 0.15) is 17.0 Å². The van der Waals surface area contributed by atoms with Gasteiger partial charge in [0, 0.05) is 38.0 Å². The third-order valence-corrected chi connectivity index (χ3v) is 5.00. The van der Waals surface area contributed by atoms with Gasteiger partial charge in [-0.3, -0.25) is 0 Å². The summed E-state index contributed by atoms with van der Waals surface area (Å²) in [4.78, 5) is 11.6. The van der Waals surface area contributed by atoms with E-state index in [0.29, 0.717) is 0 Å². The summed E-state index contributed by atoms with van der Waals surface area (Å²) in [5.74, 6) is 2.50. The molecule has 0 bridgehead atoms. The van der Waals surface area contributed by atoms with Crippen molar-refractivity contribution in [2.75, 3.05) is 19.1 Å². The van der Waals surface area contributed by atoms with Gasteiger partial charge in [-0.05, 0) is 36.8 Å². The molecular formula is C23H24N4O. The second kappa shape index (κ2) is 7.35. The Hall–Kier alpha value is -3.34. The van der Waals surface area contributed by atoms with Crippen molar-refractivity contribution in [3.63, 3.8) is 0 Å². The van der Waals surface area contributed by atoms with Gasteiger partial charge in [0.15, 0.2) is 5.82 Å². The highest BCUT2D eigenvalue weighted by molar-refractivity contribution is 5.91. The van der Waals surface area contributed by atoms with E-state index >= 15 is 0 Å². The minimum absolute atomic E-state index is 0.767. The number of aryl methyl sites for hydroxylation is 2. The van der Waals surface area contributed by atoms with Gasteiger partial charge >= 0.3 is 0 Å². The van der Waals surface area contributed by atoms with Crippen LogP contribution in [0, 0.1) is 6.92 Å². The molecule has 0 aliphatic carbocycles. The third-order valence-electron chi connectivity index (χ3n) is 5.00. The standard InChI is InChI=1S/C23H24N4O/c1-16-24-21-18(14-17-8-6-5-7-9-17)15-26(2)22(21)23(25-16)27(3)19-10-12-20(28-4)13-11-19/h5-13,15H,14H2,1-4H3. The molecule has 0 fully saturated rings. The number of aromatic nitrogens is 3. The van der Waals surface area contributed by atoms with E-state index in [1.54, 1.807) is 7.11 Å². The number of rotatable bonds is 5. The number of methoxy groups -OCH3 is 1. The molecule has 0 amide bonds. The fourth-order valence-corrected chi connectivity index (χ4v) is 3.57. The summed E-state index contributed by atoms with van der Waals surface area (Å²) in [7, 11) is 5.77. The maximum absolute atomic E-state index is 5.27. The van der Waals surface area contributed by atoms with Crippen molar-refractivity contribution in [2.45, 2.75) is 13.3 Å². The van der Waals surface area contributed by atoms with E-state index in [1.165, 1.54) is 11.1 Å². The third kappa shape index (κ3) is 3.31. The first-order valence-electron chi connectivity index (χ1n) is 9.31. The second-order valence-corrected chi connectivity index (χ2v) is 6.98. The van der Waals surface area contributed by atoms with E-state index in [-0.39, 0.29) is 0 Å². The highest BCUT2D eigenvalue weighted by atomic mass is 16.5. The van der Waals surface area contributed by atoms with Crippen molar-refractivity contribution >= 4 is 22.5 Å². The van der Waals surface area contributed by atoms with Gasteiger partial charge in [-0.1, -0.05) is 30.3 Å². The molecule has 0 radical (unpaired) electrons. The largest absolute Gasteiger partial charge is 0.497 e. The predicted molar refractivity (Wildman–Crippen MR) is 114 cm³/mol. The van der Waals surface area contributed by atoms with Crippen LogP contribution in [-0.2, 0) is 13.5 Å². The molecule has 0 N–H and O–H groups in total. The number of hydrogen-bond donors (Lipinski definition) is 0. The van der Waals surface area contributed by atoms with Crippen LogP contribution in [0.15, 0.2) is 60.8 Å². The van der Waals surface area contributed by atoms with E-state index < -0.39 is 0 Å². The molecule has 0 atom stereocenters. The lowest BCUT2D eigenvalue weighted by molar-refractivity contribution is 0.415. The Labute approximate surface area is 165 Å². The average molecular weight is 372 g/mol. The van der Waals surface area contributed by atoms with Crippen molar-refractivity contribution < 1.29 is 4.74 Å². The van der Waals surface area contributed by atoms with E-state index in [1.807, 2.05) is 44.3 Å². The molecule has 2 aromatic heterocycles. The molecule has 5 nitrogen and oxygen atoms in total. The molecular weight excluding hydrogens is 348 g/mol. The highest BCUT2D eigenvalue weighted by Gasteiger charge is 2.18. The topological polar surface area (TPSA) is 43.2 Å². The monoisotopic (exact) mass is 372 g/mol. The molecule has 2 aromatic carbocycles. The van der Waals surface area contributed by atoms with Crippen LogP contribution >= 0.6 is 0 Å². The first kappa shape index (κ1) is 18.0. The Morgan fingerprint density at radius 3 is 2.39 bits per heavy atom. The van der Waals surface area contributed by atoms with Crippen LogP contribution in [0.25, 0.3) is 11.0 Å². The molecule has 142 valence electrons. The zero-order valence-corrected chi connectivity index (χ0v) is 16.7. The minimum atomic E-state index is 0.767. The lowest BCUT2D eigenvalue weighted by atomic mass is 10.1. The van der Waals surface area contributed by atoms with Gasteiger partial charge in [-0.25, -0.2) is 9.97 Å². The summed E-state index contributed by atoms with van der Waals surface area (Å²) in [5, 5.41) is 0. The Balaban J connectivity index is 1.80. The summed E-state index contributed by atoms with van der Waals surface area (Å²) in [6.07, 6.45) is 3.01. The van der Waals surface area contributed by atoms with E-state index in [0.717, 1.165) is 40.5 Å². The maximum Gasteiger partial charge on any atom is 0.161 e. The van der Waals surface area contributed by atoms with E-state index in [9.17, 15) is 0 Å². The van der Waals surface area contributed by atoms with Crippen LogP contribution < -0.4 is 9.64 Å². The average Bonchev–Trinajstić information content (AvgIpc) is 3.02. The van der Waals surface area contributed by atoms with Gasteiger partial charge in [0.05, 0.1) is 12.6 Å². The SMILES string of the molecule is COc1ccc(N(C)c2nc(C)nc3c(Cc4ccccc4)cn(C)c23)cc1. The zero-order chi connectivity index (χ0) is 19.7. The minimum Gasteiger partial charge on any atom is -0.497 e. The van der Waals surface area contributed by atoms with Gasteiger partial charge in [0.25, 0.3) is 0 Å². The van der Waals surface area contributed by atoms with Crippen LogP contribution in [0.5, 0.6) is 5.75 Å². The first-order valence-corrected chi connectivity index (χ1v) is 9.31. The Morgan fingerprint density at radius 1 is 1.00 bits per heavy atom. The predicted octanol–water partition coefficient (Wildman–Crippen LogP) is 4.64. The fraction of sp³-hybridized carbons (Fsp3) is 0.217. The second-order valence-electron chi connectivity index (χ2n) is 6.98. The van der Waals surface area contributed by atoms with Crippen molar-refractivity contribution in [3.8, 4) is 5.75 Å². The first-order chi connectivity index (χ1) is 13.6. The van der Waals surface area contributed by atoms with Crippen LogP contribution in [0.3, 0.4) is 0 Å². The molecule has 4 rings (SSSR count). The summed E-state index contributed by atoms with van der Waals surface area (Å²) in [5.41, 5.74) is 5.57. The number of fused-ring (bicyclic) bond motifs is 1. The van der Waals surface area contributed by atoms with E-state index in [2.05, 4.69) is 47.0 Å². The molecule has 5 heteroatoms. The molecule has 0 saturated carbocycles. The summed E-state index contributed by atoms with van der Waals surface area (Å²) in [6, 6.07) is 18.5. The summed E-state index contributed by atoms with van der Waals surface area (Å²) in [6.45, 7) is 1.95. The number of hydrogen-bond acceptors (Lipinski definition) is 4. The Morgan fingerprint density at radius 2 is 1.71 bits per heavy atom. The Bertz CT molecular complexity index is 1100. The summed E-state index contributed by atoms with van der Waals surface area (Å²) < 4.78 is 7.40. The van der Waals surface area contributed by atoms with Crippen molar-refractivity contribution in [1.29, 1.82) is 0 Å².